The van der Waals surface area contributed by atoms with Gasteiger partial charge in [0.15, 0.2) is 0 Å². The number of phenolic OH excluding ortho intramolecular Hbond substituents is 1. The Balaban J connectivity index is 1.68. The maximum atomic E-state index is 13.4. The number of phenols is 1. The van der Waals surface area contributed by atoms with Gasteiger partial charge in [-0.2, -0.15) is 0 Å². The normalized spacial score (nSPS) is 25.7. The molecule has 1 amide bonds. The number of esters is 1. The summed E-state index contributed by atoms with van der Waals surface area (Å²) >= 11 is 12.2. The van der Waals surface area contributed by atoms with Crippen molar-refractivity contribution in [1.82, 2.24) is 9.80 Å². The molecule has 0 spiro atoms. The molecule has 2 aromatic rings. The average Bonchev–Trinajstić information content (AvgIpc) is 2.85. The number of hydrogen-bond acceptors (Lipinski definition) is 5. The van der Waals surface area contributed by atoms with E-state index in [4.69, 9.17) is 27.9 Å². The highest BCUT2D eigenvalue weighted by Gasteiger charge is 2.61. The van der Waals surface area contributed by atoms with Crippen molar-refractivity contribution < 1.29 is 19.4 Å². The molecule has 1 aliphatic carbocycles. The third kappa shape index (κ3) is 5.52. The fourth-order valence-corrected chi connectivity index (χ4v) is 6.61. The monoisotopic (exact) mass is 544 g/mol. The van der Waals surface area contributed by atoms with Crippen LogP contribution in [0.1, 0.15) is 43.7 Å². The number of fused-ring (bicyclic) bond motifs is 1. The Hall–Kier alpha value is -2.54. The number of likely N-dealkylation sites (tertiary alicyclic amines) is 1. The molecule has 6 nitrogen and oxygen atoms in total. The number of benzene rings is 2. The summed E-state index contributed by atoms with van der Waals surface area (Å²) in [4.78, 5) is 29.9. The van der Waals surface area contributed by atoms with Crippen LogP contribution in [0.5, 0.6) is 5.75 Å². The second-order valence-corrected chi connectivity index (χ2v) is 11.1. The second kappa shape index (κ2) is 11.1. The van der Waals surface area contributed by atoms with Crippen molar-refractivity contribution in [1.29, 1.82) is 0 Å². The predicted octanol–water partition coefficient (Wildman–Crippen LogP) is 5.38. The zero-order valence-electron chi connectivity index (χ0n) is 21.4. The molecule has 2 aliphatic rings. The fourth-order valence-electron chi connectivity index (χ4n) is 6.29. The number of piperidine rings is 1. The van der Waals surface area contributed by atoms with E-state index in [0.29, 0.717) is 42.4 Å². The molecule has 0 unspecified atom stereocenters. The Morgan fingerprint density at radius 3 is 2.68 bits per heavy atom. The molecule has 1 saturated heterocycles. The number of carbonyl (C=O) groups excluding carboxylic acids is 2. The molecule has 1 N–H and O–H groups in total. The van der Waals surface area contributed by atoms with Crippen molar-refractivity contribution in [2.45, 2.75) is 56.1 Å². The topological polar surface area (TPSA) is 70.1 Å². The van der Waals surface area contributed by atoms with E-state index >= 15 is 0 Å². The molecule has 1 saturated carbocycles. The molecule has 0 aromatic heterocycles. The highest BCUT2D eigenvalue weighted by Crippen LogP contribution is 2.54. The molecule has 2 aromatic carbocycles. The number of hydrogen-bond donors (Lipinski definition) is 1. The van der Waals surface area contributed by atoms with Gasteiger partial charge in [0.25, 0.3) is 0 Å². The molecule has 198 valence electrons. The summed E-state index contributed by atoms with van der Waals surface area (Å²) in [6.45, 7) is 7.40. The Morgan fingerprint density at radius 2 is 2.00 bits per heavy atom. The van der Waals surface area contributed by atoms with E-state index in [9.17, 15) is 14.7 Å². The Labute approximate surface area is 228 Å². The zero-order chi connectivity index (χ0) is 26.8. The Morgan fingerprint density at radius 1 is 1.22 bits per heavy atom. The van der Waals surface area contributed by atoms with Crippen LogP contribution in [0, 0.1) is 0 Å². The van der Waals surface area contributed by atoms with Crippen molar-refractivity contribution in [3.8, 4) is 5.75 Å². The number of likely N-dealkylation sites (N-methyl/N-ethyl adjacent to an activating group) is 1. The summed E-state index contributed by atoms with van der Waals surface area (Å²) in [6, 6.07) is 12.4. The quantitative estimate of drug-likeness (QED) is 0.374. The molecular weight excluding hydrogens is 511 g/mol. The lowest BCUT2D eigenvalue weighted by atomic mass is 9.55. The summed E-state index contributed by atoms with van der Waals surface area (Å²) < 4.78 is 6.24. The first-order chi connectivity index (χ1) is 17.6. The minimum atomic E-state index is -0.780. The molecule has 3 atom stereocenters. The SMILES string of the molecule is C=CCN1CC[C@@]2(c3cccc(O)c3)C[C@@H](N(C)C(=O)Cc3ccc(Cl)c(Cl)c3)CC[C@]2(OC(C)=O)C1. The van der Waals surface area contributed by atoms with Gasteiger partial charge in [-0.1, -0.05) is 47.5 Å². The first-order valence-electron chi connectivity index (χ1n) is 12.6. The number of halogens is 2. The number of amides is 1. The van der Waals surface area contributed by atoms with Gasteiger partial charge in [0, 0.05) is 38.5 Å². The lowest BCUT2D eigenvalue weighted by Crippen LogP contribution is -2.68. The maximum Gasteiger partial charge on any atom is 0.303 e. The van der Waals surface area contributed by atoms with E-state index in [1.165, 1.54) is 6.92 Å². The molecule has 0 radical (unpaired) electrons. The van der Waals surface area contributed by atoms with Gasteiger partial charge in [0.05, 0.1) is 16.5 Å². The van der Waals surface area contributed by atoms with Crippen LogP contribution in [0.2, 0.25) is 10.0 Å². The van der Waals surface area contributed by atoms with Gasteiger partial charge in [-0.15, -0.1) is 6.58 Å². The van der Waals surface area contributed by atoms with Crippen molar-refractivity contribution >= 4 is 35.1 Å². The van der Waals surface area contributed by atoms with Crippen molar-refractivity contribution in [3.05, 3.63) is 76.3 Å². The van der Waals surface area contributed by atoms with Crippen LogP contribution in [0.4, 0.5) is 0 Å². The van der Waals surface area contributed by atoms with Gasteiger partial charge in [-0.25, -0.2) is 0 Å². The third-order valence-electron chi connectivity index (χ3n) is 8.08. The number of aromatic hydroxyl groups is 1. The molecule has 0 bridgehead atoms. The molecule has 37 heavy (non-hydrogen) atoms. The number of rotatable bonds is 7. The van der Waals surface area contributed by atoms with Gasteiger partial charge < -0.3 is 14.7 Å². The highest BCUT2D eigenvalue weighted by atomic mass is 35.5. The van der Waals surface area contributed by atoms with Crippen molar-refractivity contribution in [3.63, 3.8) is 0 Å². The summed E-state index contributed by atoms with van der Waals surface area (Å²) in [5.41, 5.74) is 0.396. The molecule has 8 heteroatoms. The van der Waals surface area contributed by atoms with Crippen LogP contribution in [0.25, 0.3) is 0 Å². The number of ether oxygens (including phenoxy) is 1. The fraction of sp³-hybridized carbons (Fsp3) is 0.448. The van der Waals surface area contributed by atoms with E-state index in [1.807, 2.05) is 36.2 Å². The van der Waals surface area contributed by atoms with Gasteiger partial charge in [-0.05, 0) is 67.6 Å². The summed E-state index contributed by atoms with van der Waals surface area (Å²) in [5.74, 6) is -0.172. The minimum absolute atomic E-state index is 0.0153. The van der Waals surface area contributed by atoms with Crippen molar-refractivity contribution in [2.75, 3.05) is 26.7 Å². The average molecular weight is 546 g/mol. The maximum absolute atomic E-state index is 13.4. The van der Waals surface area contributed by atoms with Crippen LogP contribution in [0.3, 0.4) is 0 Å². The van der Waals surface area contributed by atoms with E-state index < -0.39 is 11.0 Å². The van der Waals surface area contributed by atoms with E-state index in [1.54, 1.807) is 24.3 Å². The van der Waals surface area contributed by atoms with Crippen LogP contribution in [-0.4, -0.2) is 65.1 Å². The number of nitrogens with zero attached hydrogens (tertiary/aromatic N) is 2. The van der Waals surface area contributed by atoms with E-state index in [-0.39, 0.29) is 30.1 Å². The standard InChI is InChI=1S/C29H34Cl2N2O4/c1-4-13-33-14-12-28(22-6-5-7-24(35)17-22)18-23(10-11-29(28,19-33)37-20(2)34)32(3)27(36)16-21-8-9-25(30)26(31)15-21/h4-9,15,17,23,35H,1,10-14,16,18-19H2,2-3H3/t23-,28-,29-/m0/s1. The predicted molar refractivity (Wildman–Crippen MR) is 146 cm³/mol. The van der Waals surface area contributed by atoms with E-state index in [2.05, 4.69) is 11.5 Å². The van der Waals surface area contributed by atoms with Gasteiger partial charge in [-0.3, -0.25) is 14.5 Å². The van der Waals surface area contributed by atoms with Crippen LogP contribution in [-0.2, 0) is 26.2 Å². The molecule has 1 heterocycles. The lowest BCUT2D eigenvalue weighted by molar-refractivity contribution is -0.189. The molecular formula is C29H34Cl2N2O4. The van der Waals surface area contributed by atoms with E-state index in [0.717, 1.165) is 24.1 Å². The highest BCUT2D eigenvalue weighted by molar-refractivity contribution is 6.42. The first kappa shape index (κ1) is 27.5. The Kier molecular flexibility index (Phi) is 8.22. The van der Waals surface area contributed by atoms with Gasteiger partial charge in [0.2, 0.25) is 5.91 Å². The molecule has 1 aliphatic heterocycles. The van der Waals surface area contributed by atoms with Crippen LogP contribution < -0.4 is 0 Å². The summed E-state index contributed by atoms with van der Waals surface area (Å²) in [6.07, 6.45) is 4.72. The third-order valence-corrected chi connectivity index (χ3v) is 8.82. The largest absolute Gasteiger partial charge is 0.508 e. The number of carbonyl (C=O) groups is 2. The summed E-state index contributed by atoms with van der Waals surface area (Å²) in [5, 5.41) is 11.3. The Bertz CT molecular complexity index is 1190. The lowest BCUT2D eigenvalue weighted by Gasteiger charge is -2.60. The second-order valence-electron chi connectivity index (χ2n) is 10.3. The molecule has 2 fully saturated rings. The minimum Gasteiger partial charge on any atom is -0.508 e. The summed E-state index contributed by atoms with van der Waals surface area (Å²) in [7, 11) is 1.84. The van der Waals surface area contributed by atoms with Crippen LogP contribution in [0.15, 0.2) is 55.1 Å². The van der Waals surface area contributed by atoms with Gasteiger partial charge in [0.1, 0.15) is 11.4 Å². The van der Waals surface area contributed by atoms with Crippen molar-refractivity contribution in [2.24, 2.45) is 0 Å². The first-order valence-corrected chi connectivity index (χ1v) is 13.4. The zero-order valence-corrected chi connectivity index (χ0v) is 22.9. The smallest absolute Gasteiger partial charge is 0.303 e. The molecule has 4 rings (SSSR count). The van der Waals surface area contributed by atoms with Gasteiger partial charge >= 0.3 is 5.97 Å². The van der Waals surface area contributed by atoms with Crippen LogP contribution >= 0.6 is 23.2 Å².